The molecular formula is C12H12F4O2. The molecule has 0 bridgehead atoms. The fourth-order valence-corrected chi connectivity index (χ4v) is 1.63. The number of alkyl halides is 4. The fraction of sp³-hybridized carbons (Fsp3) is 0.417. The standard InChI is InChI=1S/C12H12F4O2/c1-3-7-4-10(18-12(15)16)9(11(13)14)5-8(7)6(2)17/h4-5,11-12H,3H2,1-2H3. The number of ketones is 1. The van der Waals surface area contributed by atoms with E-state index in [2.05, 4.69) is 4.74 Å². The van der Waals surface area contributed by atoms with Crippen LogP contribution in [-0.2, 0) is 6.42 Å². The highest BCUT2D eigenvalue weighted by Gasteiger charge is 2.21. The number of ether oxygens (including phenoxy) is 1. The van der Waals surface area contributed by atoms with Gasteiger partial charge in [-0.1, -0.05) is 6.92 Å². The van der Waals surface area contributed by atoms with E-state index in [4.69, 9.17) is 0 Å². The summed E-state index contributed by atoms with van der Waals surface area (Å²) >= 11 is 0. The van der Waals surface area contributed by atoms with Crippen molar-refractivity contribution in [3.8, 4) is 5.75 Å². The molecule has 1 aromatic carbocycles. The van der Waals surface area contributed by atoms with Crippen LogP contribution in [0.15, 0.2) is 12.1 Å². The summed E-state index contributed by atoms with van der Waals surface area (Å²) in [6.45, 7) is -0.261. The summed E-state index contributed by atoms with van der Waals surface area (Å²) in [5.41, 5.74) is -0.185. The van der Waals surface area contributed by atoms with Crippen LogP contribution in [0.5, 0.6) is 5.75 Å². The molecule has 1 aromatic rings. The predicted octanol–water partition coefficient (Wildman–Crippen LogP) is 3.99. The molecule has 1 rings (SSSR count). The van der Waals surface area contributed by atoms with Gasteiger partial charge in [0.1, 0.15) is 5.75 Å². The second-order valence-corrected chi connectivity index (χ2v) is 3.64. The molecule has 0 fully saturated rings. The minimum atomic E-state index is -3.18. The highest BCUT2D eigenvalue weighted by Crippen LogP contribution is 2.33. The normalized spacial score (nSPS) is 11.1. The molecule has 100 valence electrons. The number of carbonyl (C=O) groups excluding carboxylic acids is 1. The number of rotatable bonds is 5. The van der Waals surface area contributed by atoms with Crippen molar-refractivity contribution in [3.05, 3.63) is 28.8 Å². The zero-order valence-electron chi connectivity index (χ0n) is 9.84. The van der Waals surface area contributed by atoms with Gasteiger partial charge in [0.2, 0.25) is 0 Å². The van der Waals surface area contributed by atoms with Crippen LogP contribution in [-0.4, -0.2) is 12.4 Å². The van der Waals surface area contributed by atoms with Crippen LogP contribution in [0.4, 0.5) is 17.6 Å². The topological polar surface area (TPSA) is 26.3 Å². The van der Waals surface area contributed by atoms with E-state index in [1.807, 2.05) is 0 Å². The molecule has 0 aromatic heterocycles. The van der Waals surface area contributed by atoms with Gasteiger partial charge in [-0.05, 0) is 31.0 Å². The zero-order valence-corrected chi connectivity index (χ0v) is 9.84. The smallest absolute Gasteiger partial charge is 0.387 e. The number of aryl methyl sites for hydroxylation is 1. The van der Waals surface area contributed by atoms with Gasteiger partial charge in [-0.15, -0.1) is 0 Å². The quantitative estimate of drug-likeness (QED) is 0.593. The summed E-state index contributed by atoms with van der Waals surface area (Å²) in [5, 5.41) is 0. The first-order chi connectivity index (χ1) is 8.36. The van der Waals surface area contributed by atoms with Crippen molar-refractivity contribution in [1.82, 2.24) is 0 Å². The molecule has 0 radical (unpaired) electrons. The van der Waals surface area contributed by atoms with E-state index in [1.165, 1.54) is 6.92 Å². The minimum Gasteiger partial charge on any atom is -0.434 e. The largest absolute Gasteiger partial charge is 0.434 e. The first-order valence-electron chi connectivity index (χ1n) is 5.27. The van der Waals surface area contributed by atoms with E-state index in [-0.39, 0.29) is 5.56 Å². The molecule has 0 N–H and O–H groups in total. The number of carbonyl (C=O) groups is 1. The van der Waals surface area contributed by atoms with E-state index >= 15 is 0 Å². The molecule has 0 unspecified atom stereocenters. The minimum absolute atomic E-state index is 0.106. The summed E-state index contributed by atoms with van der Waals surface area (Å²) < 4.78 is 53.8. The van der Waals surface area contributed by atoms with E-state index in [9.17, 15) is 22.4 Å². The van der Waals surface area contributed by atoms with Crippen molar-refractivity contribution in [1.29, 1.82) is 0 Å². The highest BCUT2D eigenvalue weighted by atomic mass is 19.3. The Morgan fingerprint density at radius 2 is 1.89 bits per heavy atom. The Kier molecular flexibility index (Phi) is 4.69. The average Bonchev–Trinajstić information content (AvgIpc) is 2.26. The molecule has 0 spiro atoms. The molecule has 0 aliphatic heterocycles. The Balaban J connectivity index is 3.37. The third-order valence-corrected chi connectivity index (χ3v) is 2.45. The van der Waals surface area contributed by atoms with Crippen LogP contribution >= 0.6 is 0 Å². The zero-order chi connectivity index (χ0) is 13.9. The Hall–Kier alpha value is -1.59. The first-order valence-corrected chi connectivity index (χ1v) is 5.27. The number of benzene rings is 1. The summed E-state index contributed by atoms with van der Waals surface area (Å²) in [4.78, 5) is 11.3. The fourth-order valence-electron chi connectivity index (χ4n) is 1.63. The van der Waals surface area contributed by atoms with Crippen LogP contribution in [0, 0.1) is 0 Å². The molecule has 0 amide bonds. The van der Waals surface area contributed by atoms with Crippen LogP contribution in [0.25, 0.3) is 0 Å². The Labute approximate surface area is 102 Å². The molecule has 0 heterocycles. The van der Waals surface area contributed by atoms with Crippen molar-refractivity contribution >= 4 is 5.78 Å². The monoisotopic (exact) mass is 264 g/mol. The van der Waals surface area contributed by atoms with Crippen molar-refractivity contribution in [3.63, 3.8) is 0 Å². The van der Waals surface area contributed by atoms with Crippen molar-refractivity contribution in [2.24, 2.45) is 0 Å². The summed E-state index contributed by atoms with van der Waals surface area (Å²) in [6, 6.07) is 1.99. The van der Waals surface area contributed by atoms with Crippen molar-refractivity contribution in [2.75, 3.05) is 0 Å². The van der Waals surface area contributed by atoms with E-state index in [0.717, 1.165) is 12.1 Å². The molecule has 0 atom stereocenters. The molecule has 18 heavy (non-hydrogen) atoms. The van der Waals surface area contributed by atoms with Gasteiger partial charge in [0.25, 0.3) is 6.43 Å². The number of hydrogen-bond donors (Lipinski definition) is 0. The van der Waals surface area contributed by atoms with Gasteiger partial charge in [0.15, 0.2) is 5.78 Å². The maximum absolute atomic E-state index is 12.7. The van der Waals surface area contributed by atoms with Crippen molar-refractivity contribution in [2.45, 2.75) is 33.3 Å². The molecule has 6 heteroatoms. The van der Waals surface area contributed by atoms with Gasteiger partial charge < -0.3 is 4.74 Å². The van der Waals surface area contributed by atoms with Crippen LogP contribution < -0.4 is 4.74 Å². The van der Waals surface area contributed by atoms with E-state index in [1.54, 1.807) is 6.92 Å². The first kappa shape index (κ1) is 14.5. The van der Waals surface area contributed by atoms with E-state index < -0.39 is 30.1 Å². The molecule has 0 aliphatic carbocycles. The second-order valence-electron chi connectivity index (χ2n) is 3.64. The van der Waals surface area contributed by atoms with Crippen molar-refractivity contribution < 1.29 is 27.1 Å². The van der Waals surface area contributed by atoms with Gasteiger partial charge in [-0.2, -0.15) is 8.78 Å². The Morgan fingerprint density at radius 3 is 2.28 bits per heavy atom. The molecule has 0 saturated carbocycles. The molecule has 2 nitrogen and oxygen atoms in total. The Bertz CT molecular complexity index is 444. The van der Waals surface area contributed by atoms with Gasteiger partial charge in [-0.25, -0.2) is 8.78 Å². The number of Topliss-reactive ketones (excluding diaryl/α,β-unsaturated/α-hetero) is 1. The average molecular weight is 264 g/mol. The summed E-state index contributed by atoms with van der Waals surface area (Å²) in [6.07, 6.45) is -2.62. The van der Waals surface area contributed by atoms with Gasteiger partial charge in [0, 0.05) is 5.56 Å². The van der Waals surface area contributed by atoms with Crippen LogP contribution in [0.3, 0.4) is 0 Å². The maximum Gasteiger partial charge on any atom is 0.387 e. The summed E-state index contributed by atoms with van der Waals surface area (Å²) in [5.74, 6) is -0.973. The SMILES string of the molecule is CCc1cc(OC(F)F)c(C(F)F)cc1C(C)=O. The lowest BCUT2D eigenvalue weighted by Gasteiger charge is -2.14. The maximum atomic E-state index is 12.7. The molecule has 0 aliphatic rings. The lowest BCUT2D eigenvalue weighted by atomic mass is 9.98. The number of hydrogen-bond acceptors (Lipinski definition) is 2. The molecule has 0 saturated heterocycles. The third-order valence-electron chi connectivity index (χ3n) is 2.45. The van der Waals surface area contributed by atoms with E-state index in [0.29, 0.717) is 12.0 Å². The lowest BCUT2D eigenvalue weighted by molar-refractivity contribution is -0.0520. The number of halogens is 4. The highest BCUT2D eigenvalue weighted by molar-refractivity contribution is 5.96. The Morgan fingerprint density at radius 1 is 1.28 bits per heavy atom. The van der Waals surface area contributed by atoms with Crippen LogP contribution in [0.2, 0.25) is 0 Å². The molecular weight excluding hydrogens is 252 g/mol. The van der Waals surface area contributed by atoms with Gasteiger partial charge in [0.05, 0.1) is 5.56 Å². The van der Waals surface area contributed by atoms with Gasteiger partial charge in [-0.3, -0.25) is 4.79 Å². The predicted molar refractivity (Wildman–Crippen MR) is 57.4 cm³/mol. The summed E-state index contributed by atoms with van der Waals surface area (Å²) in [7, 11) is 0. The second kappa shape index (κ2) is 5.84. The van der Waals surface area contributed by atoms with Crippen LogP contribution in [0.1, 0.15) is 41.8 Å². The van der Waals surface area contributed by atoms with Gasteiger partial charge >= 0.3 is 6.61 Å². The lowest BCUT2D eigenvalue weighted by Crippen LogP contribution is -2.08. The third kappa shape index (κ3) is 3.21.